The van der Waals surface area contributed by atoms with E-state index in [4.69, 9.17) is 4.42 Å². The number of nitrogens with one attached hydrogen (secondary N) is 1. The lowest BCUT2D eigenvalue weighted by Crippen LogP contribution is -2.38. The number of hydrogen-bond donors (Lipinski definition) is 1. The van der Waals surface area contributed by atoms with E-state index < -0.39 is 5.76 Å². The van der Waals surface area contributed by atoms with Gasteiger partial charge in [-0.15, -0.1) is 5.10 Å². The molecule has 0 aromatic carbocycles. The number of hydrogen-bond acceptors (Lipinski definition) is 6. The molecule has 0 radical (unpaired) electrons. The average Bonchev–Trinajstić information content (AvgIpc) is 3.09. The minimum Gasteiger partial charge on any atom is -0.392 e. The van der Waals surface area contributed by atoms with E-state index in [-0.39, 0.29) is 11.8 Å². The number of carbonyl (C=O) groups is 1. The first-order chi connectivity index (χ1) is 9.24. The molecular formula is C11H12N4O3S. The number of aromatic amines is 1. The number of amides is 1. The molecule has 0 bridgehead atoms. The molecule has 7 nitrogen and oxygen atoms in total. The number of likely N-dealkylation sites (tertiary alicyclic amines) is 1. The van der Waals surface area contributed by atoms with Crippen molar-refractivity contribution in [1.82, 2.24) is 19.5 Å². The molecule has 0 unspecified atom stereocenters. The Hall–Kier alpha value is -1.96. The van der Waals surface area contributed by atoms with E-state index in [9.17, 15) is 9.59 Å². The third-order valence-corrected chi connectivity index (χ3v) is 3.80. The van der Waals surface area contributed by atoms with E-state index in [1.54, 1.807) is 16.3 Å². The Kier molecular flexibility index (Phi) is 3.16. The molecule has 19 heavy (non-hydrogen) atoms. The second-order valence-corrected chi connectivity index (χ2v) is 5.07. The molecule has 1 saturated heterocycles. The summed E-state index contributed by atoms with van der Waals surface area (Å²) in [7, 11) is 0. The van der Waals surface area contributed by atoms with Gasteiger partial charge in [0.25, 0.3) is 5.91 Å². The minimum absolute atomic E-state index is 0.0387. The van der Waals surface area contributed by atoms with Gasteiger partial charge in [-0.1, -0.05) is 0 Å². The third kappa shape index (κ3) is 2.43. The molecule has 0 aliphatic carbocycles. The highest BCUT2D eigenvalue weighted by molar-refractivity contribution is 7.03. The van der Waals surface area contributed by atoms with E-state index in [0.717, 1.165) is 12.8 Å². The normalized spacial score (nSPS) is 16.7. The van der Waals surface area contributed by atoms with Crippen LogP contribution in [-0.4, -0.2) is 38.5 Å². The first-order valence-electron chi connectivity index (χ1n) is 5.99. The molecule has 3 rings (SSSR count). The number of aromatic nitrogens is 3. The van der Waals surface area contributed by atoms with E-state index >= 15 is 0 Å². The van der Waals surface area contributed by atoms with Gasteiger partial charge in [0.2, 0.25) is 5.89 Å². The Morgan fingerprint density at radius 3 is 2.84 bits per heavy atom. The summed E-state index contributed by atoms with van der Waals surface area (Å²) in [5.41, 5.74) is 0.495. The highest BCUT2D eigenvalue weighted by Gasteiger charge is 2.28. The van der Waals surface area contributed by atoms with Gasteiger partial charge in [-0.2, -0.15) is 4.37 Å². The molecule has 1 aliphatic rings. The van der Waals surface area contributed by atoms with Crippen LogP contribution in [0.2, 0.25) is 0 Å². The van der Waals surface area contributed by atoms with Crippen LogP contribution in [0.25, 0.3) is 0 Å². The quantitative estimate of drug-likeness (QED) is 0.880. The van der Waals surface area contributed by atoms with Gasteiger partial charge in [0.05, 0.1) is 0 Å². The zero-order valence-corrected chi connectivity index (χ0v) is 10.9. The van der Waals surface area contributed by atoms with Crippen LogP contribution in [0.15, 0.2) is 20.7 Å². The summed E-state index contributed by atoms with van der Waals surface area (Å²) in [4.78, 5) is 24.8. The Balaban J connectivity index is 1.63. The SMILES string of the molecule is O=C(c1ccsn1)N1CCC(c2n[nH]c(=O)o2)CC1. The van der Waals surface area contributed by atoms with Crippen molar-refractivity contribution in [3.8, 4) is 0 Å². The number of rotatable bonds is 2. The van der Waals surface area contributed by atoms with Gasteiger partial charge in [0.15, 0.2) is 0 Å². The fraction of sp³-hybridized carbons (Fsp3) is 0.455. The highest BCUT2D eigenvalue weighted by atomic mass is 32.1. The van der Waals surface area contributed by atoms with Crippen LogP contribution in [0.1, 0.15) is 35.1 Å². The lowest BCUT2D eigenvalue weighted by Gasteiger charge is -2.29. The first-order valence-corrected chi connectivity index (χ1v) is 6.83. The maximum Gasteiger partial charge on any atom is 0.434 e. The van der Waals surface area contributed by atoms with Gasteiger partial charge in [0, 0.05) is 24.4 Å². The van der Waals surface area contributed by atoms with E-state index in [0.29, 0.717) is 24.7 Å². The van der Waals surface area contributed by atoms with Crippen LogP contribution < -0.4 is 5.76 Å². The molecule has 1 fully saturated rings. The van der Waals surface area contributed by atoms with Gasteiger partial charge in [0.1, 0.15) is 5.69 Å². The van der Waals surface area contributed by atoms with Gasteiger partial charge in [-0.3, -0.25) is 4.79 Å². The second kappa shape index (κ2) is 4.96. The molecule has 1 amide bonds. The molecule has 2 aromatic heterocycles. The molecule has 0 saturated carbocycles. The van der Waals surface area contributed by atoms with Crippen molar-refractivity contribution in [1.29, 1.82) is 0 Å². The fourth-order valence-electron chi connectivity index (χ4n) is 2.23. The number of H-pyrrole nitrogens is 1. The minimum atomic E-state index is -0.532. The summed E-state index contributed by atoms with van der Waals surface area (Å²) in [6, 6.07) is 1.73. The van der Waals surface area contributed by atoms with E-state index in [2.05, 4.69) is 14.6 Å². The molecule has 100 valence electrons. The van der Waals surface area contributed by atoms with E-state index in [1.165, 1.54) is 11.5 Å². The van der Waals surface area contributed by atoms with Gasteiger partial charge in [-0.05, 0) is 30.4 Å². The van der Waals surface area contributed by atoms with Crippen molar-refractivity contribution in [3.63, 3.8) is 0 Å². The van der Waals surface area contributed by atoms with Crippen LogP contribution in [0, 0.1) is 0 Å². The number of carbonyl (C=O) groups excluding carboxylic acids is 1. The fourth-order valence-corrected chi connectivity index (χ4v) is 2.73. The summed E-state index contributed by atoms with van der Waals surface area (Å²) >= 11 is 1.27. The Bertz CT molecular complexity index is 610. The summed E-state index contributed by atoms with van der Waals surface area (Å²) in [6.07, 6.45) is 1.48. The predicted molar refractivity (Wildman–Crippen MR) is 67.1 cm³/mol. The van der Waals surface area contributed by atoms with Crippen molar-refractivity contribution in [2.24, 2.45) is 0 Å². The summed E-state index contributed by atoms with van der Waals surface area (Å²) < 4.78 is 9.00. The Morgan fingerprint density at radius 1 is 1.47 bits per heavy atom. The zero-order valence-electron chi connectivity index (χ0n) is 10.0. The zero-order chi connectivity index (χ0) is 13.2. The summed E-state index contributed by atoms with van der Waals surface area (Å²) in [5.74, 6) is -0.0386. The predicted octanol–water partition coefficient (Wildman–Crippen LogP) is 0.839. The van der Waals surface area contributed by atoms with Gasteiger partial charge < -0.3 is 9.32 Å². The molecule has 1 aliphatic heterocycles. The van der Waals surface area contributed by atoms with E-state index in [1.807, 2.05) is 0 Å². The van der Waals surface area contributed by atoms with Crippen LogP contribution >= 0.6 is 11.5 Å². The first kappa shape index (κ1) is 12.1. The standard InChI is InChI=1S/C11H12N4O3S/c16-10(8-3-6-19-14-8)15-4-1-7(2-5-15)9-12-13-11(17)18-9/h3,6-7H,1-2,4-5H2,(H,13,17). The summed E-state index contributed by atoms with van der Waals surface area (Å²) in [5, 5.41) is 7.89. The average molecular weight is 280 g/mol. The number of nitrogens with zero attached hydrogens (tertiary/aromatic N) is 3. The lowest BCUT2D eigenvalue weighted by molar-refractivity contribution is 0.0701. The topological polar surface area (TPSA) is 92.1 Å². The summed E-state index contributed by atoms with van der Waals surface area (Å²) in [6.45, 7) is 1.25. The second-order valence-electron chi connectivity index (χ2n) is 4.40. The molecule has 2 aromatic rings. The van der Waals surface area contributed by atoms with Crippen molar-refractivity contribution >= 4 is 17.4 Å². The van der Waals surface area contributed by atoms with Crippen LogP contribution in [-0.2, 0) is 0 Å². The number of piperidine rings is 1. The van der Waals surface area contributed by atoms with Gasteiger partial charge in [-0.25, -0.2) is 9.89 Å². The highest BCUT2D eigenvalue weighted by Crippen LogP contribution is 2.26. The molecule has 0 atom stereocenters. The monoisotopic (exact) mass is 280 g/mol. The molecular weight excluding hydrogens is 268 g/mol. The maximum atomic E-state index is 12.1. The van der Waals surface area contributed by atoms with Crippen LogP contribution in [0.4, 0.5) is 0 Å². The molecule has 0 spiro atoms. The molecule has 3 heterocycles. The van der Waals surface area contributed by atoms with Crippen molar-refractivity contribution < 1.29 is 9.21 Å². The Morgan fingerprint density at radius 2 is 2.26 bits per heavy atom. The Labute approximate surface area is 112 Å². The van der Waals surface area contributed by atoms with Gasteiger partial charge >= 0.3 is 5.76 Å². The lowest BCUT2D eigenvalue weighted by atomic mass is 9.96. The van der Waals surface area contributed by atoms with Crippen molar-refractivity contribution in [2.45, 2.75) is 18.8 Å². The van der Waals surface area contributed by atoms with Crippen molar-refractivity contribution in [3.05, 3.63) is 33.6 Å². The molecule has 1 N–H and O–H groups in total. The van der Waals surface area contributed by atoms with Crippen LogP contribution in [0.3, 0.4) is 0 Å². The smallest absolute Gasteiger partial charge is 0.392 e. The molecule has 8 heteroatoms. The van der Waals surface area contributed by atoms with Crippen LogP contribution in [0.5, 0.6) is 0 Å². The maximum absolute atomic E-state index is 12.1. The largest absolute Gasteiger partial charge is 0.434 e. The van der Waals surface area contributed by atoms with Crippen molar-refractivity contribution in [2.75, 3.05) is 13.1 Å². The third-order valence-electron chi connectivity index (χ3n) is 3.24.